The molecule has 2 aromatic rings. The maximum absolute atomic E-state index is 13.4. The number of urea groups is 1. The zero-order valence-corrected chi connectivity index (χ0v) is 19.6. The first-order valence-corrected chi connectivity index (χ1v) is 11.6. The molecule has 12 heteroatoms. The molecule has 0 unspecified atom stereocenters. The van der Waals surface area contributed by atoms with Crippen LogP contribution < -0.4 is 5.32 Å². The smallest absolute Gasteiger partial charge is 0.373 e. The summed E-state index contributed by atoms with van der Waals surface area (Å²) in [6.45, 7) is 3.25. The standard InChI is InChI=1S/C22H27ClF3N5O3/c1-3-19(33-8-9-34-22(24,25)26)21-12-14(2)10-16(13-21)30(21)20(32)29-15-4-5-17(23)18(11-15)31-27-6-7-28-31/h4-7,11,14,16,19H,3,8-10,12-13H2,1-2H3,(H,29,32)/t14-,16+,19-,21-/m1/s1. The number of piperidine rings is 1. The van der Waals surface area contributed by atoms with Crippen molar-refractivity contribution in [2.24, 2.45) is 5.92 Å². The lowest BCUT2D eigenvalue weighted by atomic mass is 9.61. The topological polar surface area (TPSA) is 81.5 Å². The molecule has 2 amide bonds. The molecule has 34 heavy (non-hydrogen) atoms. The summed E-state index contributed by atoms with van der Waals surface area (Å²) in [5.41, 5.74) is 0.483. The Balaban J connectivity index is 1.49. The second-order valence-electron chi connectivity index (χ2n) is 8.85. The van der Waals surface area contributed by atoms with Gasteiger partial charge in [0.15, 0.2) is 0 Å². The van der Waals surface area contributed by atoms with Crippen molar-refractivity contribution in [2.45, 2.75) is 63.6 Å². The Bertz CT molecular complexity index is 1010. The SMILES string of the molecule is CC[C@@H](OCCOC(F)(F)F)[C@@]12C[C@H](C)C[C@@H](C1)N2C(=O)Nc1ccc(Cl)c(-n2nccn2)c1. The summed E-state index contributed by atoms with van der Waals surface area (Å²) >= 11 is 6.27. The van der Waals surface area contributed by atoms with Crippen LogP contribution >= 0.6 is 11.6 Å². The van der Waals surface area contributed by atoms with Gasteiger partial charge in [0.25, 0.3) is 0 Å². The minimum Gasteiger partial charge on any atom is -0.373 e. The van der Waals surface area contributed by atoms with Gasteiger partial charge in [0, 0.05) is 11.7 Å². The number of rotatable bonds is 8. The van der Waals surface area contributed by atoms with Crippen molar-refractivity contribution >= 4 is 23.3 Å². The van der Waals surface area contributed by atoms with E-state index in [1.165, 1.54) is 17.2 Å². The number of hydrogen-bond acceptors (Lipinski definition) is 5. The predicted molar refractivity (Wildman–Crippen MR) is 119 cm³/mol. The molecule has 1 saturated heterocycles. The molecule has 8 nitrogen and oxygen atoms in total. The summed E-state index contributed by atoms with van der Waals surface area (Å²) in [5, 5.41) is 11.5. The number of alkyl halides is 3. The lowest BCUT2D eigenvalue weighted by Crippen LogP contribution is -2.76. The quantitative estimate of drug-likeness (QED) is 0.513. The molecule has 4 rings (SSSR count). The van der Waals surface area contributed by atoms with Crippen LogP contribution in [-0.2, 0) is 9.47 Å². The van der Waals surface area contributed by atoms with E-state index in [1.54, 1.807) is 18.2 Å². The van der Waals surface area contributed by atoms with Crippen molar-refractivity contribution in [3.63, 3.8) is 0 Å². The minimum absolute atomic E-state index is 0.0485. The van der Waals surface area contributed by atoms with Crippen molar-refractivity contribution in [3.05, 3.63) is 35.6 Å². The van der Waals surface area contributed by atoms with Gasteiger partial charge in [0.2, 0.25) is 0 Å². The number of amides is 2. The molecule has 1 N–H and O–H groups in total. The minimum atomic E-state index is -4.70. The van der Waals surface area contributed by atoms with Gasteiger partial charge in [-0.1, -0.05) is 25.4 Å². The largest absolute Gasteiger partial charge is 0.522 e. The lowest BCUT2D eigenvalue weighted by molar-refractivity contribution is -0.328. The Morgan fingerprint density at radius 3 is 2.71 bits per heavy atom. The number of fused-ring (bicyclic) bond motifs is 2. The van der Waals surface area contributed by atoms with Crippen molar-refractivity contribution in [2.75, 3.05) is 18.5 Å². The molecular formula is C22H27ClF3N5O3. The number of nitrogens with zero attached hydrogens (tertiary/aromatic N) is 4. The number of hydrogen-bond donors (Lipinski definition) is 1. The van der Waals surface area contributed by atoms with Gasteiger partial charge in [0.05, 0.1) is 42.3 Å². The predicted octanol–water partition coefficient (Wildman–Crippen LogP) is 5.03. The number of ether oxygens (including phenoxy) is 2. The van der Waals surface area contributed by atoms with Crippen LogP contribution in [0.3, 0.4) is 0 Å². The van der Waals surface area contributed by atoms with E-state index in [0.29, 0.717) is 28.7 Å². The third-order valence-electron chi connectivity index (χ3n) is 6.50. The highest BCUT2D eigenvalue weighted by Gasteiger charge is 2.61. The summed E-state index contributed by atoms with van der Waals surface area (Å²) in [7, 11) is 0. The van der Waals surface area contributed by atoms with E-state index >= 15 is 0 Å². The highest BCUT2D eigenvalue weighted by atomic mass is 35.5. The fraction of sp³-hybridized carbons (Fsp3) is 0.591. The highest BCUT2D eigenvalue weighted by molar-refractivity contribution is 6.32. The van der Waals surface area contributed by atoms with Gasteiger partial charge in [-0.15, -0.1) is 13.2 Å². The maximum atomic E-state index is 13.4. The van der Waals surface area contributed by atoms with Gasteiger partial charge in [-0.05, 0) is 49.8 Å². The summed E-state index contributed by atoms with van der Waals surface area (Å²) in [5.74, 6) is 0.375. The fourth-order valence-corrected chi connectivity index (χ4v) is 5.62. The van der Waals surface area contributed by atoms with Crippen molar-refractivity contribution in [3.8, 4) is 5.69 Å². The molecule has 2 fully saturated rings. The second-order valence-corrected chi connectivity index (χ2v) is 9.26. The normalized spacial score (nSPS) is 25.1. The van der Waals surface area contributed by atoms with Gasteiger partial charge in [0.1, 0.15) is 5.69 Å². The monoisotopic (exact) mass is 501 g/mol. The van der Waals surface area contributed by atoms with Gasteiger partial charge in [-0.25, -0.2) is 4.79 Å². The summed E-state index contributed by atoms with van der Waals surface area (Å²) in [6, 6.07) is 4.81. The average Bonchev–Trinajstić information content (AvgIpc) is 3.28. The van der Waals surface area contributed by atoms with Crippen LogP contribution in [0, 0.1) is 5.92 Å². The van der Waals surface area contributed by atoms with Crippen LogP contribution in [0.25, 0.3) is 5.69 Å². The molecule has 2 heterocycles. The average molecular weight is 502 g/mol. The van der Waals surface area contributed by atoms with Crippen LogP contribution in [0.1, 0.15) is 39.5 Å². The van der Waals surface area contributed by atoms with E-state index in [4.69, 9.17) is 16.3 Å². The number of nitrogens with one attached hydrogen (secondary N) is 1. The lowest BCUT2D eigenvalue weighted by Gasteiger charge is -2.65. The number of carbonyl (C=O) groups excluding carboxylic acids is 1. The number of likely N-dealkylation sites (tertiary alicyclic amines) is 1. The van der Waals surface area contributed by atoms with Crippen LogP contribution in [0.2, 0.25) is 5.02 Å². The second kappa shape index (κ2) is 9.71. The molecule has 2 bridgehead atoms. The van der Waals surface area contributed by atoms with Crippen molar-refractivity contribution in [1.82, 2.24) is 19.9 Å². The molecule has 0 radical (unpaired) electrons. The van der Waals surface area contributed by atoms with E-state index in [1.807, 2.05) is 11.8 Å². The molecular weight excluding hydrogens is 475 g/mol. The molecule has 1 aliphatic heterocycles. The summed E-state index contributed by atoms with van der Waals surface area (Å²) in [4.78, 5) is 16.6. The van der Waals surface area contributed by atoms with E-state index in [0.717, 1.165) is 19.3 Å². The maximum Gasteiger partial charge on any atom is 0.522 e. The van der Waals surface area contributed by atoms with Crippen LogP contribution in [-0.4, -0.2) is 63.2 Å². The van der Waals surface area contributed by atoms with E-state index < -0.39 is 24.6 Å². The first-order valence-electron chi connectivity index (χ1n) is 11.2. The Morgan fingerprint density at radius 1 is 1.29 bits per heavy atom. The Kier molecular flexibility index (Phi) is 7.07. The number of aromatic nitrogens is 3. The molecule has 1 aromatic heterocycles. The number of carbonyl (C=O) groups is 1. The third-order valence-corrected chi connectivity index (χ3v) is 6.82. The van der Waals surface area contributed by atoms with Crippen LogP contribution in [0.5, 0.6) is 0 Å². The zero-order chi connectivity index (χ0) is 24.5. The van der Waals surface area contributed by atoms with Crippen LogP contribution in [0.15, 0.2) is 30.6 Å². The van der Waals surface area contributed by atoms with Gasteiger partial charge in [-0.3, -0.25) is 4.74 Å². The molecule has 186 valence electrons. The van der Waals surface area contributed by atoms with E-state index in [2.05, 4.69) is 27.2 Å². The Morgan fingerprint density at radius 2 is 2.03 bits per heavy atom. The fourth-order valence-electron chi connectivity index (χ4n) is 5.42. The first kappa shape index (κ1) is 24.7. The van der Waals surface area contributed by atoms with E-state index in [9.17, 15) is 18.0 Å². The molecule has 0 spiro atoms. The Hall–Kier alpha value is -2.37. The molecule has 2 aliphatic rings. The number of anilines is 1. The number of halogens is 4. The van der Waals surface area contributed by atoms with E-state index in [-0.39, 0.29) is 18.7 Å². The highest BCUT2D eigenvalue weighted by Crippen LogP contribution is 2.53. The van der Waals surface area contributed by atoms with Gasteiger partial charge >= 0.3 is 12.4 Å². The molecule has 1 saturated carbocycles. The summed E-state index contributed by atoms with van der Waals surface area (Å²) < 4.78 is 46.6. The molecule has 1 aliphatic carbocycles. The molecule has 4 atom stereocenters. The summed E-state index contributed by atoms with van der Waals surface area (Å²) in [6.07, 6.45) is 0.862. The third kappa shape index (κ3) is 5.01. The van der Waals surface area contributed by atoms with Gasteiger partial charge < -0.3 is 15.0 Å². The molecule has 1 aromatic carbocycles. The first-order chi connectivity index (χ1) is 16.1. The number of benzene rings is 1. The zero-order valence-electron chi connectivity index (χ0n) is 18.9. The van der Waals surface area contributed by atoms with Crippen molar-refractivity contribution < 1.29 is 27.4 Å². The van der Waals surface area contributed by atoms with Gasteiger partial charge in [-0.2, -0.15) is 15.0 Å². The van der Waals surface area contributed by atoms with Crippen LogP contribution in [0.4, 0.5) is 23.7 Å². The Labute approximate surface area is 200 Å². The van der Waals surface area contributed by atoms with Crippen molar-refractivity contribution in [1.29, 1.82) is 0 Å².